The summed E-state index contributed by atoms with van der Waals surface area (Å²) < 4.78 is 41.1. The van der Waals surface area contributed by atoms with E-state index in [0.29, 0.717) is 26.1 Å². The monoisotopic (exact) mass is 355 g/mol. The van der Waals surface area contributed by atoms with Crippen LogP contribution in [0.5, 0.6) is 0 Å². The molecule has 0 bridgehead atoms. The van der Waals surface area contributed by atoms with Crippen molar-refractivity contribution in [2.24, 2.45) is 5.73 Å². The summed E-state index contributed by atoms with van der Waals surface area (Å²) in [7, 11) is -3.80. The molecule has 24 heavy (non-hydrogen) atoms. The second-order valence-corrected chi connectivity index (χ2v) is 8.18. The molecule has 3 rings (SSSR count). The number of nitrogens with zero attached hydrogens (tertiary/aromatic N) is 2. The number of amides is 1. The SMILES string of the molecule is NCC1CCCN1S(=O)(=O)c1ccc(C(=O)N2CCCC2)c(F)c1. The molecule has 1 atom stereocenters. The molecule has 0 aliphatic carbocycles. The molecule has 1 amide bonds. The van der Waals surface area contributed by atoms with E-state index in [1.165, 1.54) is 16.4 Å². The third kappa shape index (κ3) is 3.05. The molecule has 132 valence electrons. The zero-order valence-corrected chi connectivity index (χ0v) is 14.3. The fourth-order valence-electron chi connectivity index (χ4n) is 3.42. The van der Waals surface area contributed by atoms with Crippen molar-refractivity contribution in [1.29, 1.82) is 0 Å². The van der Waals surface area contributed by atoms with Crippen molar-refractivity contribution in [3.63, 3.8) is 0 Å². The lowest BCUT2D eigenvalue weighted by Crippen LogP contribution is -2.39. The van der Waals surface area contributed by atoms with Gasteiger partial charge in [0.1, 0.15) is 5.82 Å². The molecular weight excluding hydrogens is 333 g/mol. The molecule has 2 heterocycles. The maximum Gasteiger partial charge on any atom is 0.256 e. The van der Waals surface area contributed by atoms with Crippen LogP contribution < -0.4 is 5.73 Å². The molecule has 0 spiro atoms. The molecule has 0 saturated carbocycles. The molecule has 2 aliphatic heterocycles. The van der Waals surface area contributed by atoms with Gasteiger partial charge in [-0.2, -0.15) is 4.31 Å². The number of hydrogen-bond acceptors (Lipinski definition) is 4. The third-order valence-electron chi connectivity index (χ3n) is 4.77. The fraction of sp³-hybridized carbons (Fsp3) is 0.562. The van der Waals surface area contributed by atoms with Crippen LogP contribution in [0.4, 0.5) is 4.39 Å². The molecule has 1 unspecified atom stereocenters. The Morgan fingerprint density at radius 1 is 1.21 bits per heavy atom. The van der Waals surface area contributed by atoms with Crippen molar-refractivity contribution in [1.82, 2.24) is 9.21 Å². The average molecular weight is 355 g/mol. The van der Waals surface area contributed by atoms with Gasteiger partial charge >= 0.3 is 0 Å². The highest BCUT2D eigenvalue weighted by atomic mass is 32.2. The number of nitrogens with two attached hydrogens (primary N) is 1. The fourth-order valence-corrected chi connectivity index (χ4v) is 5.13. The minimum Gasteiger partial charge on any atom is -0.339 e. The molecule has 2 fully saturated rings. The van der Waals surface area contributed by atoms with E-state index in [1.807, 2.05) is 0 Å². The van der Waals surface area contributed by atoms with Gasteiger partial charge in [-0.1, -0.05) is 0 Å². The minimum atomic E-state index is -3.80. The van der Waals surface area contributed by atoms with Gasteiger partial charge in [0.05, 0.1) is 10.5 Å². The van der Waals surface area contributed by atoms with Crippen LogP contribution in [-0.4, -0.2) is 55.8 Å². The van der Waals surface area contributed by atoms with Crippen molar-refractivity contribution in [2.75, 3.05) is 26.2 Å². The van der Waals surface area contributed by atoms with E-state index in [0.717, 1.165) is 25.3 Å². The molecule has 2 saturated heterocycles. The summed E-state index contributed by atoms with van der Waals surface area (Å²) in [5, 5.41) is 0. The highest BCUT2D eigenvalue weighted by molar-refractivity contribution is 7.89. The Morgan fingerprint density at radius 2 is 1.92 bits per heavy atom. The summed E-state index contributed by atoms with van der Waals surface area (Å²) in [5.41, 5.74) is 5.56. The lowest BCUT2D eigenvalue weighted by Gasteiger charge is -2.23. The van der Waals surface area contributed by atoms with Gasteiger partial charge in [-0.25, -0.2) is 12.8 Å². The van der Waals surface area contributed by atoms with Crippen LogP contribution in [0.25, 0.3) is 0 Å². The minimum absolute atomic E-state index is 0.0763. The van der Waals surface area contributed by atoms with Gasteiger partial charge in [0.2, 0.25) is 10.0 Å². The first kappa shape index (κ1) is 17.3. The normalized spacial score (nSPS) is 22.2. The second-order valence-electron chi connectivity index (χ2n) is 6.29. The van der Waals surface area contributed by atoms with Gasteiger partial charge in [0.25, 0.3) is 5.91 Å². The quantitative estimate of drug-likeness (QED) is 0.879. The highest BCUT2D eigenvalue weighted by Gasteiger charge is 2.35. The zero-order chi connectivity index (χ0) is 17.3. The second kappa shape index (κ2) is 6.78. The zero-order valence-electron chi connectivity index (χ0n) is 13.4. The van der Waals surface area contributed by atoms with Gasteiger partial charge in [-0.15, -0.1) is 0 Å². The van der Waals surface area contributed by atoms with Gasteiger partial charge in [0, 0.05) is 32.2 Å². The molecule has 1 aromatic rings. The summed E-state index contributed by atoms with van der Waals surface area (Å²) in [6, 6.07) is 3.29. The Morgan fingerprint density at radius 3 is 2.54 bits per heavy atom. The van der Waals surface area contributed by atoms with Gasteiger partial charge in [-0.3, -0.25) is 4.79 Å². The number of rotatable bonds is 4. The van der Waals surface area contributed by atoms with Crippen LogP contribution in [0.2, 0.25) is 0 Å². The number of carbonyl (C=O) groups excluding carboxylic acids is 1. The molecule has 1 aromatic carbocycles. The number of benzene rings is 1. The Bertz CT molecular complexity index is 732. The Balaban J connectivity index is 1.87. The van der Waals surface area contributed by atoms with Crippen molar-refractivity contribution < 1.29 is 17.6 Å². The number of likely N-dealkylation sites (tertiary alicyclic amines) is 1. The van der Waals surface area contributed by atoms with Gasteiger partial charge in [-0.05, 0) is 43.9 Å². The smallest absolute Gasteiger partial charge is 0.256 e. The van der Waals surface area contributed by atoms with Crippen LogP contribution in [0, 0.1) is 5.82 Å². The molecular formula is C16H22FN3O3S. The Labute approximate surface area is 141 Å². The van der Waals surface area contributed by atoms with E-state index in [4.69, 9.17) is 5.73 Å². The van der Waals surface area contributed by atoms with Crippen LogP contribution in [0.3, 0.4) is 0 Å². The van der Waals surface area contributed by atoms with Crippen LogP contribution in [0.1, 0.15) is 36.0 Å². The number of carbonyl (C=O) groups is 1. The number of sulfonamides is 1. The van der Waals surface area contributed by atoms with Gasteiger partial charge < -0.3 is 10.6 Å². The van der Waals surface area contributed by atoms with Crippen molar-refractivity contribution in [2.45, 2.75) is 36.6 Å². The number of hydrogen-bond donors (Lipinski definition) is 1. The molecule has 0 radical (unpaired) electrons. The van der Waals surface area contributed by atoms with E-state index < -0.39 is 15.8 Å². The maximum absolute atomic E-state index is 14.4. The van der Waals surface area contributed by atoms with Crippen LogP contribution >= 0.6 is 0 Å². The van der Waals surface area contributed by atoms with Gasteiger partial charge in [0.15, 0.2) is 0 Å². The summed E-state index contributed by atoms with van der Waals surface area (Å²) in [6.07, 6.45) is 3.28. The van der Waals surface area contributed by atoms with Crippen LogP contribution in [-0.2, 0) is 10.0 Å². The third-order valence-corrected chi connectivity index (χ3v) is 6.71. The largest absolute Gasteiger partial charge is 0.339 e. The maximum atomic E-state index is 14.4. The van der Waals surface area contributed by atoms with E-state index >= 15 is 0 Å². The number of halogens is 1. The Kier molecular flexibility index (Phi) is 4.89. The highest BCUT2D eigenvalue weighted by Crippen LogP contribution is 2.27. The topological polar surface area (TPSA) is 83.7 Å². The van der Waals surface area contributed by atoms with E-state index in [1.54, 1.807) is 4.90 Å². The summed E-state index contributed by atoms with van der Waals surface area (Å²) in [4.78, 5) is 13.8. The van der Waals surface area contributed by atoms with Crippen molar-refractivity contribution in [3.05, 3.63) is 29.6 Å². The van der Waals surface area contributed by atoms with E-state index in [2.05, 4.69) is 0 Å². The summed E-state index contributed by atoms with van der Waals surface area (Å²) in [6.45, 7) is 1.86. The first-order valence-corrected chi connectivity index (χ1v) is 9.70. The van der Waals surface area contributed by atoms with Crippen LogP contribution in [0.15, 0.2) is 23.1 Å². The van der Waals surface area contributed by atoms with E-state index in [9.17, 15) is 17.6 Å². The van der Waals surface area contributed by atoms with E-state index in [-0.39, 0.29) is 29.0 Å². The van der Waals surface area contributed by atoms with Crippen molar-refractivity contribution >= 4 is 15.9 Å². The molecule has 0 aromatic heterocycles. The average Bonchev–Trinajstić information content (AvgIpc) is 3.25. The predicted molar refractivity (Wildman–Crippen MR) is 87.5 cm³/mol. The first-order chi connectivity index (χ1) is 11.4. The lowest BCUT2D eigenvalue weighted by atomic mass is 10.2. The summed E-state index contributed by atoms with van der Waals surface area (Å²) in [5.74, 6) is -1.17. The lowest BCUT2D eigenvalue weighted by molar-refractivity contribution is 0.0788. The molecule has 2 aliphatic rings. The van der Waals surface area contributed by atoms with Crippen molar-refractivity contribution in [3.8, 4) is 0 Å². The molecule has 8 heteroatoms. The first-order valence-electron chi connectivity index (χ1n) is 8.26. The Hall–Kier alpha value is -1.51. The standard InChI is InChI=1S/C16H22FN3O3S/c17-15-10-13(24(22,23)20-9-3-4-12(20)11-18)5-6-14(15)16(21)19-7-1-2-8-19/h5-6,10,12H,1-4,7-9,11,18H2. The predicted octanol–water partition coefficient (Wildman–Crippen LogP) is 1.17. The summed E-state index contributed by atoms with van der Waals surface area (Å²) >= 11 is 0. The molecule has 6 nitrogen and oxygen atoms in total. The molecule has 2 N–H and O–H groups in total.